The first-order chi connectivity index (χ1) is 14.4. The van der Waals surface area contributed by atoms with E-state index >= 15 is 0 Å². The van der Waals surface area contributed by atoms with Crippen LogP contribution in [0.25, 0.3) is 0 Å². The molecule has 0 aromatic heterocycles. The van der Waals surface area contributed by atoms with Crippen LogP contribution in [-0.2, 0) is 9.59 Å². The Labute approximate surface area is 175 Å². The molecule has 8 nitrogen and oxygen atoms in total. The van der Waals surface area contributed by atoms with Crippen LogP contribution >= 0.6 is 0 Å². The number of methoxy groups -OCH3 is 2. The number of carbonyl (C=O) groups excluding carboxylic acids is 3. The largest absolute Gasteiger partial charge is 0.493 e. The Hall–Kier alpha value is -3.55. The zero-order valence-corrected chi connectivity index (χ0v) is 17.2. The highest BCUT2D eigenvalue weighted by Crippen LogP contribution is 2.30. The molecule has 1 aliphatic rings. The molecule has 1 heterocycles. The maximum absolute atomic E-state index is 12.7. The predicted molar refractivity (Wildman–Crippen MR) is 111 cm³/mol. The molecule has 4 amide bonds. The normalized spacial score (nSPS) is 16.8. The van der Waals surface area contributed by atoms with E-state index in [1.165, 1.54) is 19.1 Å². The number of imide groups is 1. The molecule has 2 atom stereocenters. The Morgan fingerprint density at radius 2 is 1.80 bits per heavy atom. The van der Waals surface area contributed by atoms with Crippen LogP contribution in [0, 0.1) is 0 Å². The fourth-order valence-electron chi connectivity index (χ4n) is 3.40. The fraction of sp³-hybridized carbons (Fsp3) is 0.318. The number of rotatable bonds is 8. The summed E-state index contributed by atoms with van der Waals surface area (Å²) in [6.07, 6.45) is 0.292. The smallest absolute Gasteiger partial charge is 0.325 e. The van der Waals surface area contributed by atoms with E-state index < -0.39 is 12.1 Å². The lowest BCUT2D eigenvalue weighted by atomic mass is 10.1. The van der Waals surface area contributed by atoms with Crippen LogP contribution in [0.2, 0.25) is 0 Å². The first-order valence-electron chi connectivity index (χ1n) is 9.65. The highest BCUT2D eigenvalue weighted by atomic mass is 16.5. The number of nitrogens with zero attached hydrogens (tertiary/aromatic N) is 1. The summed E-state index contributed by atoms with van der Waals surface area (Å²) >= 11 is 0. The molecule has 2 aromatic carbocycles. The van der Waals surface area contributed by atoms with Gasteiger partial charge in [0.1, 0.15) is 6.04 Å². The van der Waals surface area contributed by atoms with Gasteiger partial charge in [0.15, 0.2) is 11.5 Å². The average Bonchev–Trinajstić information content (AvgIpc) is 3.05. The Kier molecular flexibility index (Phi) is 6.56. The molecule has 30 heavy (non-hydrogen) atoms. The summed E-state index contributed by atoms with van der Waals surface area (Å²) in [6.45, 7) is 1.80. The second-order valence-electron chi connectivity index (χ2n) is 6.95. The van der Waals surface area contributed by atoms with Gasteiger partial charge in [0.05, 0.1) is 20.3 Å². The molecule has 0 aliphatic carbocycles. The van der Waals surface area contributed by atoms with Crippen LogP contribution in [0.1, 0.15) is 31.4 Å². The molecule has 1 saturated heterocycles. The fourth-order valence-corrected chi connectivity index (χ4v) is 3.40. The summed E-state index contributed by atoms with van der Waals surface area (Å²) in [5.74, 6) is 0.468. The van der Waals surface area contributed by atoms with Crippen molar-refractivity contribution in [3.63, 3.8) is 0 Å². The Morgan fingerprint density at radius 3 is 2.47 bits per heavy atom. The molecule has 2 aromatic rings. The van der Waals surface area contributed by atoms with Gasteiger partial charge in [-0.05, 0) is 31.0 Å². The van der Waals surface area contributed by atoms with E-state index in [1.807, 2.05) is 30.3 Å². The van der Waals surface area contributed by atoms with E-state index in [1.54, 1.807) is 25.1 Å². The Morgan fingerprint density at radius 1 is 1.10 bits per heavy atom. The molecule has 0 radical (unpaired) electrons. The minimum absolute atomic E-state index is 0.0819. The molecule has 0 saturated carbocycles. The second kappa shape index (κ2) is 9.30. The van der Waals surface area contributed by atoms with Gasteiger partial charge in [0, 0.05) is 18.2 Å². The number of anilines is 1. The van der Waals surface area contributed by atoms with Crippen LogP contribution in [-0.4, -0.2) is 43.0 Å². The van der Waals surface area contributed by atoms with Gasteiger partial charge in [-0.25, -0.2) is 4.79 Å². The summed E-state index contributed by atoms with van der Waals surface area (Å²) in [7, 11) is 3.05. The molecule has 0 bridgehead atoms. The van der Waals surface area contributed by atoms with Crippen molar-refractivity contribution in [3.8, 4) is 11.5 Å². The van der Waals surface area contributed by atoms with Gasteiger partial charge in [0.2, 0.25) is 5.91 Å². The van der Waals surface area contributed by atoms with Crippen molar-refractivity contribution in [2.75, 3.05) is 19.5 Å². The van der Waals surface area contributed by atoms with Gasteiger partial charge in [-0.15, -0.1) is 0 Å². The maximum Gasteiger partial charge on any atom is 0.325 e. The van der Waals surface area contributed by atoms with Gasteiger partial charge >= 0.3 is 6.03 Å². The summed E-state index contributed by atoms with van der Waals surface area (Å²) < 4.78 is 10.4. The minimum Gasteiger partial charge on any atom is -0.493 e. The second-order valence-corrected chi connectivity index (χ2v) is 6.95. The van der Waals surface area contributed by atoms with Crippen LogP contribution in [0.3, 0.4) is 0 Å². The zero-order chi connectivity index (χ0) is 21.7. The summed E-state index contributed by atoms with van der Waals surface area (Å²) in [5.41, 5.74) is 1.42. The number of hydrogen-bond acceptors (Lipinski definition) is 5. The Balaban J connectivity index is 1.58. The number of hydrogen-bond donors (Lipinski definition) is 2. The van der Waals surface area contributed by atoms with Gasteiger partial charge in [-0.3, -0.25) is 14.5 Å². The third-order valence-corrected chi connectivity index (χ3v) is 5.05. The lowest BCUT2D eigenvalue weighted by Crippen LogP contribution is -2.34. The molecule has 1 fully saturated rings. The van der Waals surface area contributed by atoms with E-state index in [0.717, 1.165) is 5.56 Å². The highest BCUT2D eigenvalue weighted by Gasteiger charge is 2.40. The van der Waals surface area contributed by atoms with Gasteiger partial charge < -0.3 is 20.1 Å². The lowest BCUT2D eigenvalue weighted by Gasteiger charge is -2.21. The lowest BCUT2D eigenvalue weighted by molar-refractivity contribution is -0.129. The summed E-state index contributed by atoms with van der Waals surface area (Å²) in [4.78, 5) is 38.6. The van der Waals surface area contributed by atoms with E-state index in [2.05, 4.69) is 10.6 Å². The number of nitrogens with one attached hydrogen (secondary N) is 2. The van der Waals surface area contributed by atoms with Gasteiger partial charge in [-0.2, -0.15) is 0 Å². The van der Waals surface area contributed by atoms with E-state index in [0.29, 0.717) is 17.2 Å². The van der Waals surface area contributed by atoms with Crippen molar-refractivity contribution in [1.82, 2.24) is 10.2 Å². The molecular formula is C22H25N3O5. The average molecular weight is 411 g/mol. The third kappa shape index (κ3) is 4.53. The molecule has 8 heteroatoms. The van der Waals surface area contributed by atoms with Crippen molar-refractivity contribution in [2.24, 2.45) is 0 Å². The van der Waals surface area contributed by atoms with Crippen LogP contribution in [0.5, 0.6) is 11.5 Å². The van der Waals surface area contributed by atoms with Crippen molar-refractivity contribution in [1.29, 1.82) is 0 Å². The molecule has 1 aliphatic heterocycles. The van der Waals surface area contributed by atoms with Crippen molar-refractivity contribution in [2.45, 2.75) is 31.8 Å². The van der Waals surface area contributed by atoms with Crippen molar-refractivity contribution in [3.05, 3.63) is 54.1 Å². The monoisotopic (exact) mass is 411 g/mol. The predicted octanol–water partition coefficient (Wildman–Crippen LogP) is 3.10. The van der Waals surface area contributed by atoms with Crippen molar-refractivity contribution < 1.29 is 23.9 Å². The number of urea groups is 1. The molecule has 0 spiro atoms. The first kappa shape index (κ1) is 21.2. The van der Waals surface area contributed by atoms with E-state index in [9.17, 15) is 14.4 Å². The number of ether oxygens (including phenoxy) is 2. The number of carbonyl (C=O) groups is 3. The number of amides is 4. The molecule has 0 unspecified atom stereocenters. The molecule has 3 rings (SSSR count). The van der Waals surface area contributed by atoms with Crippen LogP contribution in [0.4, 0.5) is 10.5 Å². The quantitative estimate of drug-likeness (QED) is 0.651. The minimum atomic E-state index is -0.722. The van der Waals surface area contributed by atoms with Gasteiger partial charge in [0.25, 0.3) is 5.91 Å². The van der Waals surface area contributed by atoms with E-state index in [4.69, 9.17) is 9.47 Å². The summed E-state index contributed by atoms with van der Waals surface area (Å²) in [5, 5.41) is 5.44. The SMILES string of the molecule is COc1ccc(NC(=O)CC[C@H]2NC(=O)N([C@H](C)c3ccccc3)C2=O)cc1OC. The zero-order valence-electron chi connectivity index (χ0n) is 17.2. The molecular weight excluding hydrogens is 386 g/mol. The topological polar surface area (TPSA) is 97.0 Å². The molecule has 2 N–H and O–H groups in total. The summed E-state index contributed by atoms with van der Waals surface area (Å²) in [6, 6.07) is 12.8. The van der Waals surface area contributed by atoms with Crippen molar-refractivity contribution >= 4 is 23.5 Å². The highest BCUT2D eigenvalue weighted by molar-refractivity contribution is 6.05. The maximum atomic E-state index is 12.7. The molecule has 158 valence electrons. The first-order valence-corrected chi connectivity index (χ1v) is 9.65. The third-order valence-electron chi connectivity index (χ3n) is 5.05. The Bertz CT molecular complexity index is 932. The van der Waals surface area contributed by atoms with E-state index in [-0.39, 0.29) is 30.7 Å². The standard InChI is InChI=1S/C22H25N3O5/c1-14(15-7-5-4-6-8-15)25-21(27)17(24-22(25)28)10-12-20(26)23-16-9-11-18(29-2)19(13-16)30-3/h4-9,11,13-14,17H,10,12H2,1-3H3,(H,23,26)(H,24,28)/t14-,17-/m1/s1. The van der Waals surface area contributed by atoms with Gasteiger partial charge in [-0.1, -0.05) is 30.3 Å². The van der Waals surface area contributed by atoms with Crippen LogP contribution < -0.4 is 20.1 Å². The number of benzene rings is 2. The van der Waals surface area contributed by atoms with Crippen LogP contribution in [0.15, 0.2) is 48.5 Å².